The molecule has 2 aliphatic carbocycles. The van der Waals surface area contributed by atoms with Crippen LogP contribution in [0.1, 0.15) is 46.2 Å². The van der Waals surface area contributed by atoms with Crippen LogP contribution in [0.3, 0.4) is 0 Å². The van der Waals surface area contributed by atoms with Crippen LogP contribution in [-0.4, -0.2) is 12.1 Å². The van der Waals surface area contributed by atoms with Crippen LogP contribution in [0.2, 0.25) is 0 Å². The predicted octanol–water partition coefficient (Wildman–Crippen LogP) is 5.03. The molecule has 0 spiro atoms. The van der Waals surface area contributed by atoms with Crippen LogP contribution in [0.25, 0.3) is 21.8 Å². The predicted molar refractivity (Wildman–Crippen MR) is 143 cm³/mol. The number of rotatable bonds is 4. The van der Waals surface area contributed by atoms with Crippen LogP contribution in [-0.2, 0) is 0 Å². The molecule has 2 aliphatic heterocycles. The highest BCUT2D eigenvalue weighted by molar-refractivity contribution is 5.86. The maximum Gasteiger partial charge on any atom is 0.147 e. The Balaban J connectivity index is 1.54. The molecule has 198 valence electrons. The summed E-state index contributed by atoms with van der Waals surface area (Å²) in [4.78, 5) is 0. The zero-order chi connectivity index (χ0) is 29.7. The molecule has 0 amide bonds. The highest BCUT2D eigenvalue weighted by Gasteiger charge is 2.50. The van der Waals surface area contributed by atoms with Gasteiger partial charge in [-0.3, -0.25) is 0 Å². The van der Waals surface area contributed by atoms with Crippen LogP contribution in [0, 0.1) is 126 Å². The van der Waals surface area contributed by atoms with E-state index in [-0.39, 0.29) is 0 Å². The Kier molecular flexibility index (Phi) is 6.33. The van der Waals surface area contributed by atoms with Crippen molar-refractivity contribution in [3.63, 3.8) is 0 Å². The van der Waals surface area contributed by atoms with Crippen molar-refractivity contribution in [3.05, 3.63) is 69.3 Å². The van der Waals surface area contributed by atoms with Gasteiger partial charge in [-0.25, -0.2) is 0 Å². The first-order chi connectivity index (χ1) is 20.5. The summed E-state index contributed by atoms with van der Waals surface area (Å²) in [5.41, 5.74) is 5.16. The van der Waals surface area contributed by atoms with Gasteiger partial charge in [-0.1, -0.05) is 47.5 Å². The number of nitrogens with zero attached hydrogens (tertiary/aromatic N) is 10. The molecule has 0 N–H and O–H groups in total. The molecule has 10 heteroatoms. The fourth-order valence-corrected chi connectivity index (χ4v) is 7.66. The number of benzene rings is 2. The second-order valence-corrected chi connectivity index (χ2v) is 10.9. The van der Waals surface area contributed by atoms with Crippen molar-refractivity contribution < 1.29 is 0 Å². The van der Waals surface area contributed by atoms with Gasteiger partial charge in [-0.15, -0.1) is 24.2 Å². The second kappa shape index (κ2) is 10.0. The molecular weight excluding hydrogens is 524 g/mol. The minimum atomic E-state index is -1.24. The van der Waals surface area contributed by atoms with Crippen molar-refractivity contribution >= 4 is 0 Å². The van der Waals surface area contributed by atoms with Gasteiger partial charge in [0, 0.05) is 11.8 Å². The van der Waals surface area contributed by atoms with E-state index in [1.54, 1.807) is 0 Å². The topological polar surface area (TPSA) is 219 Å². The molecule has 0 radical (unpaired) electrons. The van der Waals surface area contributed by atoms with Crippen LogP contribution >= 0.6 is 0 Å². The van der Waals surface area contributed by atoms with E-state index in [4.69, 9.17) is 10.6 Å². The standard InChI is InChI=1S/C32H18N10/c33-7-15(8-34)21(11-37)29-23(13-39)27-17-3-1-5-19-25(17)26-18(4-2-6-20(26)32(27)42-29)28-24(14-40)30(41-31(19)28)22(12-38)16(9-35)10-36/h1-6,15-16,21-24,27-32H/q-2. The lowest BCUT2D eigenvalue weighted by Gasteiger charge is -2.46. The first kappa shape index (κ1) is 26.5. The molecule has 2 fully saturated rings. The third-order valence-electron chi connectivity index (χ3n) is 9.33. The molecule has 0 aromatic heterocycles. The summed E-state index contributed by atoms with van der Waals surface area (Å²) in [6.07, 6.45) is 0. The molecule has 2 aromatic carbocycles. The molecule has 10 unspecified atom stereocenters. The Morgan fingerprint density at radius 2 is 0.857 bits per heavy atom. The zero-order valence-electron chi connectivity index (χ0n) is 21.9. The van der Waals surface area contributed by atoms with Gasteiger partial charge in [0.2, 0.25) is 0 Å². The van der Waals surface area contributed by atoms with Gasteiger partial charge < -0.3 is 10.6 Å². The van der Waals surface area contributed by atoms with Crippen LogP contribution < -0.4 is 0 Å². The molecule has 10 atom stereocenters. The summed E-state index contributed by atoms with van der Waals surface area (Å²) in [7, 11) is 0. The van der Waals surface area contributed by atoms with Crippen molar-refractivity contribution in [1.29, 1.82) is 42.1 Å². The minimum absolute atomic E-state index is 0.430. The Hall–Kier alpha value is -5.72. The van der Waals surface area contributed by atoms with E-state index in [9.17, 15) is 42.1 Å². The minimum Gasteiger partial charge on any atom is -0.650 e. The average molecular weight is 543 g/mol. The average Bonchev–Trinajstić information content (AvgIpc) is 3.61. The van der Waals surface area contributed by atoms with Crippen molar-refractivity contribution in [2.75, 3.05) is 0 Å². The molecule has 0 saturated carbocycles. The van der Waals surface area contributed by atoms with E-state index in [1.807, 2.05) is 60.7 Å². The fourth-order valence-electron chi connectivity index (χ4n) is 7.66. The van der Waals surface area contributed by atoms with Gasteiger partial charge >= 0.3 is 0 Å². The van der Waals surface area contributed by atoms with Crippen molar-refractivity contribution in [3.8, 4) is 59.7 Å². The monoisotopic (exact) mass is 542 g/mol. The van der Waals surface area contributed by atoms with Crippen molar-refractivity contribution in [2.24, 2.45) is 35.5 Å². The third-order valence-corrected chi connectivity index (χ3v) is 9.33. The van der Waals surface area contributed by atoms with Crippen molar-refractivity contribution in [1.82, 2.24) is 0 Å². The summed E-state index contributed by atoms with van der Waals surface area (Å²) in [6.45, 7) is 0. The van der Waals surface area contributed by atoms with E-state index in [2.05, 4.69) is 24.3 Å². The van der Waals surface area contributed by atoms with Crippen LogP contribution in [0.4, 0.5) is 0 Å². The largest absolute Gasteiger partial charge is 0.650 e. The summed E-state index contributed by atoms with van der Waals surface area (Å²) >= 11 is 0. The number of nitriles is 8. The first-order valence-corrected chi connectivity index (χ1v) is 13.4. The van der Waals surface area contributed by atoms with E-state index >= 15 is 0 Å². The van der Waals surface area contributed by atoms with Gasteiger partial charge in [-0.2, -0.15) is 42.1 Å². The summed E-state index contributed by atoms with van der Waals surface area (Å²) < 4.78 is 0. The Bertz CT molecular complexity index is 1680. The number of hydrogen-bond acceptors (Lipinski definition) is 8. The maximum atomic E-state index is 10.4. The zero-order valence-corrected chi connectivity index (χ0v) is 21.9. The van der Waals surface area contributed by atoms with Crippen LogP contribution in [0.5, 0.6) is 0 Å². The summed E-state index contributed by atoms with van der Waals surface area (Å²) in [5.74, 6) is -7.02. The molecule has 6 rings (SSSR count). The van der Waals surface area contributed by atoms with Gasteiger partial charge in [0.05, 0.1) is 60.4 Å². The van der Waals surface area contributed by atoms with E-state index in [0.717, 1.165) is 33.4 Å². The molecule has 2 aromatic rings. The first-order valence-electron chi connectivity index (χ1n) is 13.4. The highest BCUT2D eigenvalue weighted by atomic mass is 15.1. The van der Waals surface area contributed by atoms with Crippen LogP contribution in [0.15, 0.2) is 36.4 Å². The highest BCUT2D eigenvalue weighted by Crippen LogP contribution is 2.67. The fraction of sp³-hybridized carbons (Fsp3) is 0.375. The molecule has 2 saturated heterocycles. The SMILES string of the molecule is N#CC(C#N)C(C#N)C1[N-]C2c3cccc4c3-c3c(cccc3C2C1C#N)C1[N-]C(C(C#N)C(C#N)C#N)C(C#N)C41. The van der Waals surface area contributed by atoms with E-state index in [1.165, 1.54) is 0 Å². The second-order valence-electron chi connectivity index (χ2n) is 10.9. The maximum absolute atomic E-state index is 10.4. The number of hydrogen-bond donors (Lipinski definition) is 0. The van der Waals surface area contributed by atoms with Gasteiger partial charge in [0.25, 0.3) is 0 Å². The smallest absolute Gasteiger partial charge is 0.147 e. The van der Waals surface area contributed by atoms with Crippen molar-refractivity contribution in [2.45, 2.75) is 36.0 Å². The van der Waals surface area contributed by atoms with Gasteiger partial charge in [0.1, 0.15) is 11.8 Å². The van der Waals surface area contributed by atoms with E-state index < -0.39 is 71.5 Å². The normalized spacial score (nSPS) is 30.2. The lowest BCUT2D eigenvalue weighted by molar-refractivity contribution is 0.423. The van der Waals surface area contributed by atoms with Gasteiger partial charge in [-0.05, 0) is 34.1 Å². The molecule has 10 nitrogen and oxygen atoms in total. The quantitative estimate of drug-likeness (QED) is 0.508. The van der Waals surface area contributed by atoms with E-state index in [0.29, 0.717) is 0 Å². The third kappa shape index (κ3) is 3.36. The summed E-state index contributed by atoms with van der Waals surface area (Å²) in [6, 6.07) is 25.1. The van der Waals surface area contributed by atoms with Gasteiger partial charge in [0.15, 0.2) is 0 Å². The lowest BCUT2D eigenvalue weighted by Crippen LogP contribution is -2.30. The molecule has 0 bridgehead atoms. The molecule has 42 heavy (non-hydrogen) atoms. The molecular formula is C32H18N10-2. The summed E-state index contributed by atoms with van der Waals surface area (Å²) in [5, 5.41) is 88.8. The Morgan fingerprint density at radius 3 is 1.17 bits per heavy atom. The lowest BCUT2D eigenvalue weighted by atomic mass is 9.62. The Labute approximate surface area is 242 Å². The molecule has 4 aliphatic rings. The molecule has 2 heterocycles. The Morgan fingerprint density at radius 1 is 0.500 bits per heavy atom. The number of fused-ring (bicyclic) bond motifs is 6.